The lowest BCUT2D eigenvalue weighted by atomic mass is 9.81. The van der Waals surface area contributed by atoms with Gasteiger partial charge in [0.05, 0.1) is 11.1 Å². The van der Waals surface area contributed by atoms with Gasteiger partial charge in [-0.2, -0.15) is 0 Å². The quantitative estimate of drug-likeness (QED) is 0.874. The summed E-state index contributed by atoms with van der Waals surface area (Å²) >= 11 is 0. The first-order valence-corrected chi connectivity index (χ1v) is 8.01. The smallest absolute Gasteiger partial charge is 0.311 e. The number of amides is 1. The number of hydrogen-bond donors (Lipinski definition) is 2. The number of aliphatic carboxylic acids is 1. The van der Waals surface area contributed by atoms with Gasteiger partial charge in [-0.25, -0.2) is 4.39 Å². The van der Waals surface area contributed by atoms with E-state index in [9.17, 15) is 19.1 Å². The molecule has 0 spiro atoms. The van der Waals surface area contributed by atoms with Crippen molar-refractivity contribution in [3.05, 3.63) is 30.1 Å². The minimum Gasteiger partial charge on any atom is -0.481 e. The number of carboxylic acids is 1. The zero-order chi connectivity index (χ0) is 16.4. The molecule has 3 rings (SSSR count). The van der Waals surface area contributed by atoms with Crippen molar-refractivity contribution in [1.29, 1.82) is 0 Å². The normalized spacial score (nSPS) is 26.9. The maximum absolute atomic E-state index is 13.5. The molecule has 0 bridgehead atoms. The summed E-state index contributed by atoms with van der Waals surface area (Å²) < 4.78 is 13.5. The van der Waals surface area contributed by atoms with Crippen molar-refractivity contribution in [3.63, 3.8) is 0 Å². The number of carbonyl (C=O) groups excluding carboxylic acids is 1. The van der Waals surface area contributed by atoms with Crippen molar-refractivity contribution in [3.8, 4) is 0 Å². The number of rotatable bonds is 5. The van der Waals surface area contributed by atoms with E-state index in [2.05, 4.69) is 10.2 Å². The molecule has 0 unspecified atom stereocenters. The molecular formula is C17H21FN2O3. The molecule has 2 aliphatic rings. The highest BCUT2D eigenvalue weighted by atomic mass is 19.1. The largest absolute Gasteiger partial charge is 0.481 e. The maximum Gasteiger partial charge on any atom is 0.311 e. The molecule has 23 heavy (non-hydrogen) atoms. The molecule has 5 nitrogen and oxygen atoms in total. The van der Waals surface area contributed by atoms with Crippen molar-refractivity contribution in [2.45, 2.75) is 25.7 Å². The molecule has 1 aliphatic heterocycles. The number of carboxylic acid groups (broad SMARTS) is 1. The number of anilines is 1. The van der Waals surface area contributed by atoms with Crippen molar-refractivity contribution < 1.29 is 19.1 Å². The number of fused-ring (bicyclic) bond motifs is 1. The Labute approximate surface area is 134 Å². The van der Waals surface area contributed by atoms with E-state index < -0.39 is 17.2 Å². The van der Waals surface area contributed by atoms with Gasteiger partial charge >= 0.3 is 5.97 Å². The highest BCUT2D eigenvalue weighted by Crippen LogP contribution is 2.48. The SMILES string of the molecule is O=C(CCN1C[C@@H]2CCC[C@@]2(C(=O)O)C1)Nc1ccccc1F. The van der Waals surface area contributed by atoms with Gasteiger partial charge < -0.3 is 15.3 Å². The zero-order valence-electron chi connectivity index (χ0n) is 12.9. The van der Waals surface area contributed by atoms with E-state index in [0.29, 0.717) is 13.1 Å². The van der Waals surface area contributed by atoms with Gasteiger partial charge in [0.2, 0.25) is 5.91 Å². The molecular weight excluding hydrogens is 299 g/mol. The third-order valence-electron chi connectivity index (χ3n) is 5.17. The van der Waals surface area contributed by atoms with Crippen LogP contribution >= 0.6 is 0 Å². The van der Waals surface area contributed by atoms with Crippen LogP contribution in [0.4, 0.5) is 10.1 Å². The highest BCUT2D eigenvalue weighted by Gasteiger charge is 2.54. The molecule has 1 saturated carbocycles. The van der Waals surface area contributed by atoms with E-state index in [1.54, 1.807) is 12.1 Å². The lowest BCUT2D eigenvalue weighted by Gasteiger charge is -2.23. The van der Waals surface area contributed by atoms with Gasteiger partial charge in [-0.05, 0) is 30.9 Å². The molecule has 6 heteroatoms. The monoisotopic (exact) mass is 320 g/mol. The third kappa shape index (κ3) is 3.08. The topological polar surface area (TPSA) is 69.6 Å². The molecule has 2 fully saturated rings. The first-order chi connectivity index (χ1) is 11.0. The molecule has 1 heterocycles. The fourth-order valence-electron chi connectivity index (χ4n) is 3.95. The summed E-state index contributed by atoms with van der Waals surface area (Å²) in [7, 11) is 0. The minimum atomic E-state index is -0.710. The van der Waals surface area contributed by atoms with Crippen molar-refractivity contribution in [2.75, 3.05) is 25.0 Å². The molecule has 1 aromatic rings. The molecule has 1 amide bonds. The molecule has 1 aromatic carbocycles. The van der Waals surface area contributed by atoms with E-state index in [1.807, 2.05) is 0 Å². The van der Waals surface area contributed by atoms with Crippen LogP contribution in [0, 0.1) is 17.2 Å². The summed E-state index contributed by atoms with van der Waals surface area (Å²) in [6.07, 6.45) is 2.88. The third-order valence-corrected chi connectivity index (χ3v) is 5.17. The molecule has 0 radical (unpaired) electrons. The average Bonchev–Trinajstić information content (AvgIpc) is 3.05. The summed E-state index contributed by atoms with van der Waals surface area (Å²) in [5.41, 5.74) is -0.444. The Hall–Kier alpha value is -1.95. The van der Waals surface area contributed by atoms with Gasteiger partial charge in [0.1, 0.15) is 5.82 Å². The van der Waals surface area contributed by atoms with E-state index in [-0.39, 0.29) is 23.9 Å². The zero-order valence-corrected chi connectivity index (χ0v) is 12.9. The van der Waals surface area contributed by atoms with E-state index in [4.69, 9.17) is 0 Å². The van der Waals surface area contributed by atoms with Crippen molar-refractivity contribution in [2.24, 2.45) is 11.3 Å². The Morgan fingerprint density at radius 3 is 2.87 bits per heavy atom. The molecule has 0 aromatic heterocycles. The van der Waals surface area contributed by atoms with Crippen LogP contribution in [0.15, 0.2) is 24.3 Å². The Bertz CT molecular complexity index is 622. The predicted octanol–water partition coefficient (Wildman–Crippen LogP) is 2.34. The van der Waals surface area contributed by atoms with Gasteiger partial charge in [-0.3, -0.25) is 9.59 Å². The van der Waals surface area contributed by atoms with Crippen LogP contribution in [-0.4, -0.2) is 41.5 Å². The van der Waals surface area contributed by atoms with Crippen molar-refractivity contribution in [1.82, 2.24) is 4.90 Å². The van der Waals surface area contributed by atoms with Gasteiger partial charge in [-0.15, -0.1) is 0 Å². The van der Waals surface area contributed by atoms with E-state index in [1.165, 1.54) is 12.1 Å². The number of benzene rings is 1. The molecule has 2 atom stereocenters. The standard InChI is InChI=1S/C17H21FN2O3/c18-13-5-1-2-6-14(13)19-15(21)7-9-20-10-12-4-3-8-17(12,11-20)16(22)23/h1-2,5-6,12H,3-4,7-11H2,(H,19,21)(H,22,23)/t12-,17+/m0/s1. The number of para-hydroxylation sites is 1. The van der Waals surface area contributed by atoms with E-state index >= 15 is 0 Å². The summed E-state index contributed by atoms with van der Waals surface area (Å²) in [5, 5.41) is 12.1. The summed E-state index contributed by atoms with van der Waals surface area (Å²) in [6, 6.07) is 6.05. The minimum absolute atomic E-state index is 0.179. The molecule has 1 saturated heterocycles. The lowest BCUT2D eigenvalue weighted by Crippen LogP contribution is -2.36. The number of carbonyl (C=O) groups is 2. The van der Waals surface area contributed by atoms with Gasteiger partial charge in [0.25, 0.3) is 0 Å². The summed E-state index contributed by atoms with van der Waals surface area (Å²) in [5.74, 6) is -1.23. The second kappa shape index (κ2) is 6.28. The predicted molar refractivity (Wildman–Crippen MR) is 83.5 cm³/mol. The van der Waals surface area contributed by atoms with Gasteiger partial charge in [-0.1, -0.05) is 18.6 Å². The number of nitrogens with one attached hydrogen (secondary N) is 1. The number of hydrogen-bond acceptors (Lipinski definition) is 3. The first-order valence-electron chi connectivity index (χ1n) is 8.01. The van der Waals surface area contributed by atoms with Crippen LogP contribution in [-0.2, 0) is 9.59 Å². The van der Waals surface area contributed by atoms with Gasteiger partial charge in [0, 0.05) is 26.1 Å². The second-order valence-corrected chi connectivity index (χ2v) is 6.56. The Morgan fingerprint density at radius 2 is 2.17 bits per heavy atom. The Kier molecular flexibility index (Phi) is 4.35. The Morgan fingerprint density at radius 1 is 1.39 bits per heavy atom. The molecule has 1 aliphatic carbocycles. The van der Waals surface area contributed by atoms with Crippen LogP contribution in [0.3, 0.4) is 0 Å². The second-order valence-electron chi connectivity index (χ2n) is 6.56. The summed E-state index contributed by atoms with van der Waals surface area (Å²) in [6.45, 7) is 1.76. The number of nitrogens with zero attached hydrogens (tertiary/aromatic N) is 1. The number of likely N-dealkylation sites (tertiary alicyclic amines) is 1. The fraction of sp³-hybridized carbons (Fsp3) is 0.529. The lowest BCUT2D eigenvalue weighted by molar-refractivity contribution is -0.149. The molecule has 124 valence electrons. The van der Waals surface area contributed by atoms with Crippen LogP contribution in [0.1, 0.15) is 25.7 Å². The Balaban J connectivity index is 1.53. The fourth-order valence-corrected chi connectivity index (χ4v) is 3.95. The molecule has 2 N–H and O–H groups in total. The summed E-state index contributed by atoms with van der Waals surface area (Å²) in [4.78, 5) is 25.6. The number of halogens is 1. The average molecular weight is 320 g/mol. The van der Waals surface area contributed by atoms with Crippen LogP contribution in [0.25, 0.3) is 0 Å². The van der Waals surface area contributed by atoms with Crippen LogP contribution in [0.5, 0.6) is 0 Å². The highest BCUT2D eigenvalue weighted by molar-refractivity contribution is 5.90. The first kappa shape index (κ1) is 15.9. The van der Waals surface area contributed by atoms with E-state index in [0.717, 1.165) is 25.8 Å². The van der Waals surface area contributed by atoms with Gasteiger partial charge in [0.15, 0.2) is 0 Å². The van der Waals surface area contributed by atoms with Crippen LogP contribution < -0.4 is 5.32 Å². The van der Waals surface area contributed by atoms with Crippen LogP contribution in [0.2, 0.25) is 0 Å². The van der Waals surface area contributed by atoms with Crippen molar-refractivity contribution >= 4 is 17.6 Å². The maximum atomic E-state index is 13.5.